The second-order valence-electron chi connectivity index (χ2n) is 5.93. The van der Waals surface area contributed by atoms with Crippen LogP contribution in [0.5, 0.6) is 17.2 Å². The molecule has 0 fully saturated rings. The molecule has 2 rings (SSSR count). The van der Waals surface area contributed by atoms with Gasteiger partial charge in [-0.15, -0.1) is 0 Å². The van der Waals surface area contributed by atoms with Crippen molar-refractivity contribution in [1.82, 2.24) is 0 Å². The highest BCUT2D eigenvalue weighted by atomic mass is 16.5. The SMILES string of the molecule is [2H]c1c([2H])c(OC(=O)c2ccc(OC)cc2)c([2H])c([2H])c1OC(=O)CCCCCOC(=O)C=C. The molecule has 0 atom stereocenters. The van der Waals surface area contributed by atoms with E-state index in [1.54, 1.807) is 0 Å². The molecule has 7 heteroatoms. The highest BCUT2D eigenvalue weighted by Gasteiger charge is 2.10. The molecule has 0 saturated carbocycles. The van der Waals surface area contributed by atoms with Crippen molar-refractivity contribution in [2.75, 3.05) is 13.7 Å². The van der Waals surface area contributed by atoms with Gasteiger partial charge >= 0.3 is 17.9 Å². The summed E-state index contributed by atoms with van der Waals surface area (Å²) in [6, 6.07) is 3.30. The molecule has 0 saturated heterocycles. The van der Waals surface area contributed by atoms with E-state index < -0.39 is 53.6 Å². The maximum atomic E-state index is 12.4. The largest absolute Gasteiger partial charge is 0.497 e. The average Bonchev–Trinajstić information content (AvgIpc) is 2.85. The van der Waals surface area contributed by atoms with Crippen LogP contribution in [-0.4, -0.2) is 31.6 Å². The third-order valence-corrected chi connectivity index (χ3v) is 3.75. The molecule has 2 aromatic carbocycles. The minimum Gasteiger partial charge on any atom is -0.497 e. The third-order valence-electron chi connectivity index (χ3n) is 3.75. The topological polar surface area (TPSA) is 88.1 Å². The van der Waals surface area contributed by atoms with E-state index in [9.17, 15) is 14.4 Å². The first-order valence-electron chi connectivity index (χ1n) is 11.2. The van der Waals surface area contributed by atoms with Crippen molar-refractivity contribution in [3.05, 3.63) is 66.7 Å². The van der Waals surface area contributed by atoms with Gasteiger partial charge in [0.05, 0.1) is 24.8 Å². The molecule has 0 N–H and O–H groups in total. The number of unbranched alkanes of at least 4 members (excludes halogenated alkanes) is 2. The number of rotatable bonds is 11. The molecular weight excluding hydrogens is 388 g/mol. The lowest BCUT2D eigenvalue weighted by Crippen LogP contribution is -2.09. The van der Waals surface area contributed by atoms with Crippen LogP contribution in [0.2, 0.25) is 0 Å². The minimum absolute atomic E-state index is 0.0385. The van der Waals surface area contributed by atoms with Crippen molar-refractivity contribution < 1.29 is 38.8 Å². The lowest BCUT2D eigenvalue weighted by Gasteiger charge is -2.07. The van der Waals surface area contributed by atoms with Gasteiger partial charge in [-0.1, -0.05) is 6.58 Å². The van der Waals surface area contributed by atoms with E-state index in [0.29, 0.717) is 25.0 Å². The second kappa shape index (κ2) is 12.1. The molecule has 0 spiro atoms. The zero-order valence-electron chi connectivity index (χ0n) is 20.5. The van der Waals surface area contributed by atoms with Crippen molar-refractivity contribution in [3.8, 4) is 17.2 Å². The molecule has 0 heterocycles. The highest BCUT2D eigenvalue weighted by Crippen LogP contribution is 2.20. The van der Waals surface area contributed by atoms with Crippen LogP contribution in [0.3, 0.4) is 0 Å². The quantitative estimate of drug-likeness (QED) is 0.236. The summed E-state index contributed by atoms with van der Waals surface area (Å²) in [7, 11) is 1.47. The highest BCUT2D eigenvalue weighted by molar-refractivity contribution is 5.91. The van der Waals surface area contributed by atoms with Crippen LogP contribution >= 0.6 is 0 Å². The number of methoxy groups -OCH3 is 1. The molecule has 0 amide bonds. The monoisotopic (exact) mass is 416 g/mol. The van der Waals surface area contributed by atoms with E-state index in [0.717, 1.165) is 6.08 Å². The van der Waals surface area contributed by atoms with Crippen molar-refractivity contribution in [2.24, 2.45) is 0 Å². The lowest BCUT2D eigenvalue weighted by molar-refractivity contribution is -0.138. The number of hydrogen-bond acceptors (Lipinski definition) is 7. The molecule has 0 radical (unpaired) electrons. The number of hydrogen-bond donors (Lipinski definition) is 0. The number of benzene rings is 2. The summed E-state index contributed by atoms with van der Waals surface area (Å²) in [6.45, 7) is 3.47. The van der Waals surface area contributed by atoms with Crippen LogP contribution in [0, 0.1) is 0 Å². The predicted octanol–water partition coefficient (Wildman–Crippen LogP) is 4.11. The van der Waals surface area contributed by atoms with Crippen molar-refractivity contribution >= 4 is 17.9 Å². The van der Waals surface area contributed by atoms with Gasteiger partial charge < -0.3 is 18.9 Å². The fraction of sp³-hybridized carbons (Fsp3) is 0.261. The zero-order valence-corrected chi connectivity index (χ0v) is 16.5. The molecule has 0 bridgehead atoms. The van der Waals surface area contributed by atoms with Crippen LogP contribution in [0.25, 0.3) is 0 Å². The van der Waals surface area contributed by atoms with Crippen molar-refractivity contribution in [1.29, 1.82) is 0 Å². The Morgan fingerprint density at radius 1 is 0.933 bits per heavy atom. The Bertz CT molecular complexity index is 1040. The Labute approximate surface area is 180 Å². The van der Waals surface area contributed by atoms with Crippen LogP contribution in [0.4, 0.5) is 0 Å². The molecule has 0 unspecified atom stereocenters. The summed E-state index contributed by atoms with van der Waals surface area (Å²) in [5.74, 6) is -2.77. The van der Waals surface area contributed by atoms with Gasteiger partial charge in [-0.25, -0.2) is 9.59 Å². The molecule has 0 aliphatic rings. The van der Waals surface area contributed by atoms with Gasteiger partial charge in [0.1, 0.15) is 17.2 Å². The minimum atomic E-state index is -0.882. The van der Waals surface area contributed by atoms with Gasteiger partial charge in [-0.2, -0.15) is 0 Å². The molecule has 2 aromatic rings. The van der Waals surface area contributed by atoms with Gasteiger partial charge in [0.25, 0.3) is 0 Å². The fourth-order valence-electron chi connectivity index (χ4n) is 2.22. The van der Waals surface area contributed by atoms with E-state index in [4.69, 9.17) is 24.4 Å². The maximum Gasteiger partial charge on any atom is 0.343 e. The van der Waals surface area contributed by atoms with Crippen molar-refractivity contribution in [3.63, 3.8) is 0 Å². The Hall–Kier alpha value is -3.61. The molecule has 0 aliphatic heterocycles. The van der Waals surface area contributed by atoms with Crippen molar-refractivity contribution in [2.45, 2.75) is 25.7 Å². The summed E-state index contributed by atoms with van der Waals surface area (Å²) in [6.07, 6.45) is 2.52. The molecule has 30 heavy (non-hydrogen) atoms. The molecule has 158 valence electrons. The summed E-state index contributed by atoms with van der Waals surface area (Å²) >= 11 is 0. The number of esters is 3. The fourth-order valence-corrected chi connectivity index (χ4v) is 2.22. The molecule has 0 aliphatic carbocycles. The third kappa shape index (κ3) is 7.79. The molecule has 7 nitrogen and oxygen atoms in total. The first kappa shape index (κ1) is 17.3. The van der Waals surface area contributed by atoms with E-state index in [1.165, 1.54) is 31.4 Å². The van der Waals surface area contributed by atoms with Crippen LogP contribution in [0.1, 0.15) is 41.5 Å². The van der Waals surface area contributed by atoms with Gasteiger partial charge in [-0.05, 0) is 67.7 Å². The Morgan fingerprint density at radius 3 is 2.17 bits per heavy atom. The van der Waals surface area contributed by atoms with Gasteiger partial charge in [0, 0.05) is 12.5 Å². The number of ether oxygens (including phenoxy) is 4. The summed E-state index contributed by atoms with van der Waals surface area (Å²) in [4.78, 5) is 35.4. The molecular formula is C23H24O7. The first-order valence-corrected chi connectivity index (χ1v) is 9.16. The van der Waals surface area contributed by atoms with Crippen LogP contribution in [0.15, 0.2) is 61.1 Å². The van der Waals surface area contributed by atoms with Crippen LogP contribution < -0.4 is 14.2 Å². The number of carbonyl (C=O) groups is 3. The summed E-state index contributed by atoms with van der Waals surface area (Å²) < 4.78 is 52.3. The van der Waals surface area contributed by atoms with E-state index in [2.05, 4.69) is 6.58 Å². The Morgan fingerprint density at radius 2 is 1.57 bits per heavy atom. The smallest absolute Gasteiger partial charge is 0.343 e. The standard InChI is InChI=1S/C23H24O7/c1-3-21(24)28-16-6-4-5-7-22(25)29-19-12-14-20(15-13-19)30-23(26)17-8-10-18(27-2)11-9-17/h3,8-15H,1,4-7,16H2,2H3/i12D,13D,14D,15D. The summed E-state index contributed by atoms with van der Waals surface area (Å²) in [5.41, 5.74) is 0.118. The molecule has 0 aromatic heterocycles. The van der Waals surface area contributed by atoms with Gasteiger partial charge in [0.2, 0.25) is 0 Å². The van der Waals surface area contributed by atoms with E-state index >= 15 is 0 Å². The van der Waals surface area contributed by atoms with Crippen LogP contribution in [-0.2, 0) is 14.3 Å². The Kier molecular flexibility index (Phi) is 6.94. The van der Waals surface area contributed by atoms with E-state index in [-0.39, 0.29) is 18.6 Å². The first-order chi connectivity index (χ1) is 16.2. The maximum absolute atomic E-state index is 12.4. The normalized spacial score (nSPS) is 11.9. The Balaban J connectivity index is 2.03. The van der Waals surface area contributed by atoms with Gasteiger partial charge in [0.15, 0.2) is 0 Å². The zero-order chi connectivity index (χ0) is 25.3. The number of carbonyl (C=O) groups excluding carboxylic acids is 3. The second-order valence-corrected chi connectivity index (χ2v) is 5.93. The average molecular weight is 416 g/mol. The lowest BCUT2D eigenvalue weighted by atomic mass is 10.2. The predicted molar refractivity (Wildman–Crippen MR) is 110 cm³/mol. The van der Waals surface area contributed by atoms with E-state index in [1.807, 2.05) is 0 Å². The summed E-state index contributed by atoms with van der Waals surface area (Å²) in [5, 5.41) is 0. The van der Waals surface area contributed by atoms with Gasteiger partial charge in [-0.3, -0.25) is 4.79 Å².